The van der Waals surface area contributed by atoms with Crippen LogP contribution in [0.15, 0.2) is 0 Å². The average molecular weight is 301 g/mol. The Bertz CT molecular complexity index is 188. The van der Waals surface area contributed by atoms with E-state index in [4.69, 9.17) is 4.74 Å². The highest BCUT2D eigenvalue weighted by Crippen LogP contribution is 2.16. The molecule has 0 rings (SSSR count). The minimum absolute atomic E-state index is 0.0542. The first-order chi connectivity index (χ1) is 10.3. The molecule has 21 heavy (non-hydrogen) atoms. The predicted molar refractivity (Wildman–Crippen MR) is 92.8 cm³/mol. The molecule has 0 fully saturated rings. The van der Waals surface area contributed by atoms with Crippen molar-refractivity contribution in [2.24, 2.45) is 0 Å². The normalized spacial score (nSPS) is 14.3. The minimum Gasteiger partial charge on any atom is -0.390 e. The van der Waals surface area contributed by atoms with Gasteiger partial charge in [-0.05, 0) is 19.8 Å². The molecular weight excluding hydrogens is 260 g/mol. The SMILES string of the molecule is CCCCCCCCCCCCC(O)C(CCC)OCC. The highest BCUT2D eigenvalue weighted by atomic mass is 16.5. The van der Waals surface area contributed by atoms with E-state index in [1.807, 2.05) is 6.92 Å². The van der Waals surface area contributed by atoms with Crippen molar-refractivity contribution in [2.75, 3.05) is 6.61 Å². The van der Waals surface area contributed by atoms with Crippen LogP contribution < -0.4 is 0 Å². The van der Waals surface area contributed by atoms with Gasteiger partial charge in [0.1, 0.15) is 0 Å². The maximum atomic E-state index is 10.2. The van der Waals surface area contributed by atoms with Gasteiger partial charge in [-0.2, -0.15) is 0 Å². The van der Waals surface area contributed by atoms with Crippen molar-refractivity contribution in [3.05, 3.63) is 0 Å². The lowest BCUT2D eigenvalue weighted by molar-refractivity contribution is -0.0408. The third-order valence-electron chi connectivity index (χ3n) is 4.24. The number of aliphatic hydroxyl groups excluding tert-OH is 1. The lowest BCUT2D eigenvalue weighted by Crippen LogP contribution is -2.29. The number of hydrogen-bond acceptors (Lipinski definition) is 2. The molecule has 2 heteroatoms. The molecule has 0 radical (unpaired) electrons. The van der Waals surface area contributed by atoms with Gasteiger partial charge >= 0.3 is 0 Å². The molecule has 2 unspecified atom stereocenters. The van der Waals surface area contributed by atoms with Crippen molar-refractivity contribution in [3.8, 4) is 0 Å². The highest BCUT2D eigenvalue weighted by Gasteiger charge is 2.17. The zero-order chi connectivity index (χ0) is 15.8. The maximum absolute atomic E-state index is 10.2. The second-order valence-electron chi connectivity index (χ2n) is 6.32. The van der Waals surface area contributed by atoms with Crippen LogP contribution in [0.2, 0.25) is 0 Å². The van der Waals surface area contributed by atoms with Crippen molar-refractivity contribution in [3.63, 3.8) is 0 Å². The smallest absolute Gasteiger partial charge is 0.0833 e. The molecule has 0 saturated heterocycles. The molecule has 0 aromatic carbocycles. The van der Waals surface area contributed by atoms with Crippen LogP contribution in [0.25, 0.3) is 0 Å². The van der Waals surface area contributed by atoms with E-state index in [1.165, 1.54) is 57.8 Å². The van der Waals surface area contributed by atoms with E-state index in [-0.39, 0.29) is 12.2 Å². The summed E-state index contributed by atoms with van der Waals surface area (Å²) in [6.07, 6.45) is 16.2. The van der Waals surface area contributed by atoms with E-state index >= 15 is 0 Å². The second kappa shape index (κ2) is 16.3. The quantitative estimate of drug-likeness (QED) is 0.362. The van der Waals surface area contributed by atoms with Gasteiger partial charge in [-0.15, -0.1) is 0 Å². The number of rotatable bonds is 16. The van der Waals surface area contributed by atoms with Gasteiger partial charge < -0.3 is 9.84 Å². The summed E-state index contributed by atoms with van der Waals surface area (Å²) in [5.74, 6) is 0. The van der Waals surface area contributed by atoms with Crippen LogP contribution in [0.5, 0.6) is 0 Å². The Hall–Kier alpha value is -0.0800. The Morgan fingerprint density at radius 2 is 1.19 bits per heavy atom. The summed E-state index contributed by atoms with van der Waals surface area (Å²) in [5.41, 5.74) is 0. The molecule has 0 spiro atoms. The summed E-state index contributed by atoms with van der Waals surface area (Å²) in [4.78, 5) is 0. The van der Waals surface area contributed by atoms with E-state index in [1.54, 1.807) is 0 Å². The molecule has 0 aliphatic heterocycles. The van der Waals surface area contributed by atoms with Crippen LogP contribution in [0.4, 0.5) is 0 Å². The molecule has 0 aliphatic rings. The molecule has 0 aromatic heterocycles. The van der Waals surface area contributed by atoms with Gasteiger partial charge in [-0.3, -0.25) is 0 Å². The van der Waals surface area contributed by atoms with E-state index in [0.29, 0.717) is 6.61 Å². The Kier molecular flexibility index (Phi) is 16.2. The summed E-state index contributed by atoms with van der Waals surface area (Å²) < 4.78 is 5.64. The lowest BCUT2D eigenvalue weighted by atomic mass is 10.0. The van der Waals surface area contributed by atoms with E-state index in [2.05, 4.69) is 13.8 Å². The van der Waals surface area contributed by atoms with Crippen molar-refractivity contribution in [1.82, 2.24) is 0 Å². The summed E-state index contributed by atoms with van der Waals surface area (Å²) in [7, 11) is 0. The summed E-state index contributed by atoms with van der Waals surface area (Å²) >= 11 is 0. The zero-order valence-electron chi connectivity index (χ0n) is 14.9. The van der Waals surface area contributed by atoms with Crippen molar-refractivity contribution >= 4 is 0 Å². The topological polar surface area (TPSA) is 29.5 Å². The highest BCUT2D eigenvalue weighted by molar-refractivity contribution is 4.68. The van der Waals surface area contributed by atoms with Crippen LogP contribution in [0.1, 0.15) is 104 Å². The Morgan fingerprint density at radius 3 is 1.67 bits per heavy atom. The van der Waals surface area contributed by atoms with Gasteiger partial charge in [0.15, 0.2) is 0 Å². The lowest BCUT2D eigenvalue weighted by Gasteiger charge is -2.22. The Labute approximate surface area is 133 Å². The fraction of sp³-hybridized carbons (Fsp3) is 1.00. The fourth-order valence-corrected chi connectivity index (χ4v) is 2.91. The largest absolute Gasteiger partial charge is 0.390 e. The fourth-order valence-electron chi connectivity index (χ4n) is 2.91. The van der Waals surface area contributed by atoms with Crippen molar-refractivity contribution in [2.45, 2.75) is 116 Å². The van der Waals surface area contributed by atoms with E-state index in [9.17, 15) is 5.11 Å². The molecule has 0 bridgehead atoms. The molecule has 0 aromatic rings. The zero-order valence-corrected chi connectivity index (χ0v) is 14.9. The van der Waals surface area contributed by atoms with E-state index < -0.39 is 0 Å². The minimum atomic E-state index is -0.265. The molecule has 0 heterocycles. The Morgan fingerprint density at radius 1 is 0.667 bits per heavy atom. The second-order valence-corrected chi connectivity index (χ2v) is 6.32. The van der Waals surface area contributed by atoms with E-state index in [0.717, 1.165) is 25.7 Å². The Balaban J connectivity index is 3.39. The number of aliphatic hydroxyl groups is 1. The standard InChI is InChI=1S/C19H40O2/c1-4-7-8-9-10-11-12-13-14-15-17-18(20)19(16-5-2)21-6-3/h18-20H,4-17H2,1-3H3. The van der Waals surface area contributed by atoms with Crippen molar-refractivity contribution in [1.29, 1.82) is 0 Å². The van der Waals surface area contributed by atoms with Gasteiger partial charge in [0.05, 0.1) is 12.2 Å². The molecule has 0 amide bonds. The first-order valence-electron chi connectivity index (χ1n) is 9.55. The third-order valence-corrected chi connectivity index (χ3v) is 4.24. The third kappa shape index (κ3) is 13.3. The number of ether oxygens (including phenoxy) is 1. The van der Waals surface area contributed by atoms with Gasteiger partial charge in [0.2, 0.25) is 0 Å². The molecule has 128 valence electrons. The maximum Gasteiger partial charge on any atom is 0.0833 e. The molecule has 2 nitrogen and oxygen atoms in total. The van der Waals surface area contributed by atoms with Crippen LogP contribution in [0.3, 0.4) is 0 Å². The average Bonchev–Trinajstić information content (AvgIpc) is 2.48. The summed E-state index contributed by atoms with van der Waals surface area (Å²) in [6, 6.07) is 0. The monoisotopic (exact) mass is 300 g/mol. The molecule has 0 aliphatic carbocycles. The van der Waals surface area contributed by atoms with Crippen LogP contribution in [-0.4, -0.2) is 23.9 Å². The molecule has 0 saturated carbocycles. The van der Waals surface area contributed by atoms with Gasteiger partial charge in [-0.25, -0.2) is 0 Å². The number of hydrogen-bond donors (Lipinski definition) is 1. The van der Waals surface area contributed by atoms with Gasteiger partial charge in [-0.1, -0.05) is 84.5 Å². The summed E-state index contributed by atoms with van der Waals surface area (Å²) in [5, 5.41) is 10.2. The number of unbranched alkanes of at least 4 members (excludes halogenated alkanes) is 9. The van der Waals surface area contributed by atoms with Gasteiger partial charge in [0, 0.05) is 6.61 Å². The first kappa shape index (κ1) is 20.9. The molecular formula is C19H40O2. The summed E-state index contributed by atoms with van der Waals surface area (Å²) in [6.45, 7) is 7.14. The molecule has 2 atom stereocenters. The predicted octanol–water partition coefficient (Wildman–Crippen LogP) is 5.86. The van der Waals surface area contributed by atoms with Crippen LogP contribution in [0, 0.1) is 0 Å². The first-order valence-corrected chi connectivity index (χ1v) is 9.55. The van der Waals surface area contributed by atoms with Crippen molar-refractivity contribution < 1.29 is 9.84 Å². The molecule has 1 N–H and O–H groups in total. The van der Waals surface area contributed by atoms with Crippen LogP contribution >= 0.6 is 0 Å². The van der Waals surface area contributed by atoms with Crippen LogP contribution in [-0.2, 0) is 4.74 Å². The van der Waals surface area contributed by atoms with Gasteiger partial charge in [0.25, 0.3) is 0 Å².